The molecule has 1 saturated heterocycles. The Morgan fingerprint density at radius 3 is 2.79 bits per heavy atom. The molecule has 2 N–H and O–H groups in total. The van der Waals surface area contributed by atoms with Gasteiger partial charge in [-0.2, -0.15) is 0 Å². The summed E-state index contributed by atoms with van der Waals surface area (Å²) in [5, 5.41) is 12.3. The van der Waals surface area contributed by atoms with E-state index < -0.39 is 11.9 Å². The van der Waals surface area contributed by atoms with Crippen molar-refractivity contribution in [3.63, 3.8) is 0 Å². The Bertz CT molecular complexity index is 789. The van der Waals surface area contributed by atoms with Crippen LogP contribution in [0.2, 0.25) is 0 Å². The van der Waals surface area contributed by atoms with E-state index in [1.54, 1.807) is 4.90 Å². The fourth-order valence-electron chi connectivity index (χ4n) is 4.32. The minimum Gasteiger partial charge on any atom is -0.494 e. The highest BCUT2D eigenvalue weighted by molar-refractivity contribution is 5.94. The number of nitrogens with zero attached hydrogens (tertiary/aromatic N) is 1. The van der Waals surface area contributed by atoms with Gasteiger partial charge in [0.1, 0.15) is 5.75 Å². The summed E-state index contributed by atoms with van der Waals surface area (Å²) in [4.78, 5) is 37.1. The lowest BCUT2D eigenvalue weighted by Gasteiger charge is -2.18. The standard InChI is InChI=1S/C21H26N2O5/c24-19-8-5-14-10-15(6-7-18(14)22-19)28-9-1-2-20(25)23-11-16(13-3-4-13)17(12-23)21(26)27/h6-7,10,13,16-17H,1-5,8-9,11-12H2,(H,22,24)(H,26,27)/t16-,17+/m1/s1. The number of rotatable bonds is 7. The van der Waals surface area contributed by atoms with E-state index in [4.69, 9.17) is 4.74 Å². The number of ether oxygens (including phenoxy) is 1. The van der Waals surface area contributed by atoms with Gasteiger partial charge in [-0.1, -0.05) is 0 Å². The molecular formula is C21H26N2O5. The van der Waals surface area contributed by atoms with Crippen LogP contribution in [0.1, 0.15) is 37.7 Å². The quantitative estimate of drug-likeness (QED) is 0.701. The Balaban J connectivity index is 1.23. The molecule has 7 heteroatoms. The first-order valence-electron chi connectivity index (χ1n) is 10.1. The van der Waals surface area contributed by atoms with E-state index in [0.29, 0.717) is 51.3 Å². The number of aryl methyl sites for hydroxylation is 1. The molecule has 150 valence electrons. The zero-order valence-electron chi connectivity index (χ0n) is 15.9. The van der Waals surface area contributed by atoms with E-state index >= 15 is 0 Å². The van der Waals surface area contributed by atoms with Crippen LogP contribution in [0.4, 0.5) is 5.69 Å². The molecule has 7 nitrogen and oxygen atoms in total. The molecule has 1 aliphatic carbocycles. The first kappa shape index (κ1) is 18.8. The van der Waals surface area contributed by atoms with Crippen LogP contribution in [0.25, 0.3) is 0 Å². The maximum absolute atomic E-state index is 12.5. The van der Waals surface area contributed by atoms with Crippen molar-refractivity contribution in [3.05, 3.63) is 23.8 Å². The number of carboxylic acids is 1. The van der Waals surface area contributed by atoms with E-state index in [2.05, 4.69) is 5.32 Å². The lowest BCUT2D eigenvalue weighted by molar-refractivity contribution is -0.142. The molecule has 3 aliphatic rings. The lowest BCUT2D eigenvalue weighted by Crippen LogP contribution is -2.30. The number of likely N-dealkylation sites (tertiary alicyclic amines) is 1. The Kier molecular flexibility index (Phi) is 5.24. The highest BCUT2D eigenvalue weighted by Crippen LogP contribution is 2.44. The number of hydrogen-bond acceptors (Lipinski definition) is 4. The minimum atomic E-state index is -0.779. The summed E-state index contributed by atoms with van der Waals surface area (Å²) in [6.45, 7) is 1.35. The van der Waals surface area contributed by atoms with Crippen molar-refractivity contribution in [2.24, 2.45) is 17.8 Å². The van der Waals surface area contributed by atoms with Crippen LogP contribution in [-0.2, 0) is 20.8 Å². The number of hydrogen-bond donors (Lipinski definition) is 2. The topological polar surface area (TPSA) is 95.9 Å². The zero-order valence-corrected chi connectivity index (χ0v) is 15.9. The van der Waals surface area contributed by atoms with Crippen LogP contribution in [0, 0.1) is 17.8 Å². The molecule has 2 fully saturated rings. The van der Waals surface area contributed by atoms with Crippen molar-refractivity contribution in [1.29, 1.82) is 0 Å². The highest BCUT2D eigenvalue weighted by Gasteiger charge is 2.46. The highest BCUT2D eigenvalue weighted by atomic mass is 16.5. The number of anilines is 1. The van der Waals surface area contributed by atoms with Crippen LogP contribution in [0.15, 0.2) is 18.2 Å². The SMILES string of the molecule is O=C1CCc2cc(OCCCC(=O)N3C[C@H](C(=O)O)[C@@H](C4CC4)C3)ccc2N1. The second kappa shape index (κ2) is 7.81. The maximum Gasteiger partial charge on any atom is 0.308 e. The monoisotopic (exact) mass is 386 g/mol. The van der Waals surface area contributed by atoms with Crippen molar-refractivity contribution in [1.82, 2.24) is 4.90 Å². The number of aliphatic carboxylic acids is 1. The largest absolute Gasteiger partial charge is 0.494 e. The molecule has 2 amide bonds. The summed E-state index contributed by atoms with van der Waals surface area (Å²) >= 11 is 0. The molecule has 0 radical (unpaired) electrons. The minimum absolute atomic E-state index is 0.0196. The predicted octanol–water partition coefficient (Wildman–Crippen LogP) is 2.30. The van der Waals surface area contributed by atoms with Gasteiger partial charge in [0.05, 0.1) is 12.5 Å². The molecule has 1 saturated carbocycles. The number of carboxylic acid groups (broad SMARTS) is 1. The predicted molar refractivity (Wildman–Crippen MR) is 102 cm³/mol. The van der Waals surface area contributed by atoms with E-state index in [-0.39, 0.29) is 17.7 Å². The van der Waals surface area contributed by atoms with Crippen molar-refractivity contribution in [3.8, 4) is 5.75 Å². The van der Waals surface area contributed by atoms with Gasteiger partial charge in [-0.15, -0.1) is 0 Å². The summed E-state index contributed by atoms with van der Waals surface area (Å²) in [6.07, 6.45) is 4.34. The summed E-state index contributed by atoms with van der Waals surface area (Å²) in [7, 11) is 0. The number of fused-ring (bicyclic) bond motifs is 1. The van der Waals surface area contributed by atoms with E-state index in [9.17, 15) is 19.5 Å². The van der Waals surface area contributed by atoms with Crippen LogP contribution >= 0.6 is 0 Å². The number of nitrogens with one attached hydrogen (secondary N) is 1. The average molecular weight is 386 g/mol. The first-order valence-corrected chi connectivity index (χ1v) is 10.1. The van der Waals surface area contributed by atoms with Crippen molar-refractivity contribution < 1.29 is 24.2 Å². The third-order valence-corrected chi connectivity index (χ3v) is 6.04. The molecule has 0 aromatic heterocycles. The van der Waals surface area contributed by atoms with Gasteiger partial charge in [0.15, 0.2) is 0 Å². The summed E-state index contributed by atoms with van der Waals surface area (Å²) in [5.41, 5.74) is 1.90. The Labute approximate surface area is 164 Å². The van der Waals surface area contributed by atoms with Crippen molar-refractivity contribution in [2.45, 2.75) is 38.5 Å². The Morgan fingerprint density at radius 1 is 1.21 bits per heavy atom. The Morgan fingerprint density at radius 2 is 2.04 bits per heavy atom. The second-order valence-corrected chi connectivity index (χ2v) is 8.06. The van der Waals surface area contributed by atoms with E-state index in [1.807, 2.05) is 18.2 Å². The summed E-state index contributed by atoms with van der Waals surface area (Å²) < 4.78 is 5.76. The van der Waals surface area contributed by atoms with Gasteiger partial charge in [-0.25, -0.2) is 0 Å². The van der Waals surface area contributed by atoms with Crippen molar-refractivity contribution in [2.75, 3.05) is 25.0 Å². The molecule has 4 rings (SSSR count). The van der Waals surface area contributed by atoms with Gasteiger partial charge >= 0.3 is 5.97 Å². The number of carbonyl (C=O) groups excluding carboxylic acids is 2. The molecule has 28 heavy (non-hydrogen) atoms. The van der Waals surface area contributed by atoms with Gasteiger partial charge in [-0.3, -0.25) is 14.4 Å². The lowest BCUT2D eigenvalue weighted by atomic mass is 9.92. The molecular weight excluding hydrogens is 360 g/mol. The van der Waals surface area contributed by atoms with Crippen LogP contribution in [-0.4, -0.2) is 47.5 Å². The first-order chi connectivity index (χ1) is 13.5. The molecule has 0 bridgehead atoms. The van der Waals surface area contributed by atoms with Gasteiger partial charge in [0.25, 0.3) is 0 Å². The molecule has 0 unspecified atom stereocenters. The zero-order chi connectivity index (χ0) is 19.7. The third-order valence-electron chi connectivity index (χ3n) is 6.04. The maximum atomic E-state index is 12.5. The molecule has 1 aromatic carbocycles. The summed E-state index contributed by atoms with van der Waals surface area (Å²) in [5.74, 6) is 0.206. The molecule has 2 heterocycles. The van der Waals surface area contributed by atoms with Crippen LogP contribution in [0.5, 0.6) is 5.75 Å². The summed E-state index contributed by atoms with van der Waals surface area (Å²) in [6, 6.07) is 5.61. The van der Waals surface area contributed by atoms with Crippen LogP contribution in [0.3, 0.4) is 0 Å². The van der Waals surface area contributed by atoms with Gasteiger partial charge < -0.3 is 20.1 Å². The third kappa shape index (κ3) is 4.13. The smallest absolute Gasteiger partial charge is 0.308 e. The molecule has 0 spiro atoms. The fourth-order valence-corrected chi connectivity index (χ4v) is 4.32. The second-order valence-electron chi connectivity index (χ2n) is 8.06. The molecule has 2 aliphatic heterocycles. The van der Waals surface area contributed by atoms with Gasteiger partial charge in [0.2, 0.25) is 11.8 Å². The molecule has 1 aromatic rings. The molecule has 2 atom stereocenters. The Hall–Kier alpha value is -2.57. The number of benzene rings is 1. The van der Waals surface area contributed by atoms with Crippen molar-refractivity contribution >= 4 is 23.5 Å². The van der Waals surface area contributed by atoms with Gasteiger partial charge in [-0.05, 0) is 61.3 Å². The van der Waals surface area contributed by atoms with E-state index in [1.165, 1.54) is 0 Å². The number of amides is 2. The van der Waals surface area contributed by atoms with Crippen LogP contribution < -0.4 is 10.1 Å². The van der Waals surface area contributed by atoms with Gasteiger partial charge in [0, 0.05) is 31.6 Å². The van der Waals surface area contributed by atoms with E-state index in [0.717, 1.165) is 29.8 Å². The average Bonchev–Trinajstić information content (AvgIpc) is 3.42. The fraction of sp³-hybridized carbons (Fsp3) is 0.571. The number of carbonyl (C=O) groups is 3. The normalized spacial score (nSPS) is 23.9.